The lowest BCUT2D eigenvalue weighted by Gasteiger charge is -2.21. The van der Waals surface area contributed by atoms with Crippen LogP contribution in [0.5, 0.6) is 0 Å². The van der Waals surface area contributed by atoms with E-state index in [2.05, 4.69) is 40.3 Å². The van der Waals surface area contributed by atoms with Crippen molar-refractivity contribution in [1.29, 1.82) is 0 Å². The summed E-state index contributed by atoms with van der Waals surface area (Å²) in [6, 6.07) is 8.47. The highest BCUT2D eigenvalue weighted by Gasteiger charge is 2.12. The van der Waals surface area contributed by atoms with Crippen LogP contribution in [0.3, 0.4) is 0 Å². The molecule has 0 saturated heterocycles. The maximum atomic E-state index is 5.50. The van der Waals surface area contributed by atoms with Crippen LogP contribution < -0.4 is 5.32 Å². The summed E-state index contributed by atoms with van der Waals surface area (Å²) >= 11 is 3.56. The number of hydrogen-bond donors (Lipinski definition) is 1. The fraction of sp³-hybridized carbons (Fsp3) is 0.571. The molecular formula is C14H22BrNO2. The van der Waals surface area contributed by atoms with Crippen LogP contribution in [-0.2, 0) is 9.47 Å². The number of halogens is 1. The van der Waals surface area contributed by atoms with Gasteiger partial charge in [0.2, 0.25) is 0 Å². The van der Waals surface area contributed by atoms with Crippen LogP contribution in [0, 0.1) is 0 Å². The highest BCUT2D eigenvalue weighted by Crippen LogP contribution is 2.22. The van der Waals surface area contributed by atoms with E-state index in [4.69, 9.17) is 9.47 Å². The average Bonchev–Trinajstić information content (AvgIpc) is 2.36. The zero-order chi connectivity index (χ0) is 13.4. The molecule has 1 aromatic carbocycles. The van der Waals surface area contributed by atoms with E-state index in [0.29, 0.717) is 19.8 Å². The van der Waals surface area contributed by atoms with Crippen molar-refractivity contribution in [3.63, 3.8) is 0 Å². The molecule has 0 aliphatic heterocycles. The fourth-order valence-corrected chi connectivity index (χ4v) is 2.38. The summed E-state index contributed by atoms with van der Waals surface area (Å²) in [4.78, 5) is 0. The summed E-state index contributed by atoms with van der Waals surface area (Å²) in [5.41, 5.74) is 1.24. The Balaban J connectivity index is 2.49. The Labute approximate surface area is 118 Å². The summed E-state index contributed by atoms with van der Waals surface area (Å²) in [5.74, 6) is 0. The van der Waals surface area contributed by atoms with Gasteiger partial charge in [-0.25, -0.2) is 0 Å². The molecule has 1 atom stereocenters. The monoisotopic (exact) mass is 315 g/mol. The Kier molecular flexibility index (Phi) is 7.51. The second-order valence-corrected chi connectivity index (χ2v) is 4.85. The topological polar surface area (TPSA) is 30.5 Å². The number of benzene rings is 1. The minimum absolute atomic E-state index is 0.176. The van der Waals surface area contributed by atoms with Gasteiger partial charge >= 0.3 is 0 Å². The highest BCUT2D eigenvalue weighted by atomic mass is 79.9. The van der Waals surface area contributed by atoms with Crippen molar-refractivity contribution >= 4 is 15.9 Å². The van der Waals surface area contributed by atoms with Crippen LogP contribution in [0.15, 0.2) is 28.7 Å². The molecule has 0 unspecified atom stereocenters. The first kappa shape index (κ1) is 15.6. The summed E-state index contributed by atoms with van der Waals surface area (Å²) in [6.45, 7) is 8.09. The first-order valence-electron chi connectivity index (χ1n) is 6.40. The molecule has 0 aliphatic rings. The smallest absolute Gasteiger partial charge is 0.169 e. The highest BCUT2D eigenvalue weighted by molar-refractivity contribution is 9.10. The van der Waals surface area contributed by atoms with Gasteiger partial charge in [0.15, 0.2) is 6.29 Å². The van der Waals surface area contributed by atoms with Crippen LogP contribution in [0.1, 0.15) is 32.4 Å². The Bertz CT molecular complexity index is 340. The summed E-state index contributed by atoms with van der Waals surface area (Å²) in [6.07, 6.45) is -0.176. The van der Waals surface area contributed by atoms with Crippen molar-refractivity contribution in [3.8, 4) is 0 Å². The average molecular weight is 316 g/mol. The molecule has 0 bridgehead atoms. The van der Waals surface area contributed by atoms with E-state index in [1.54, 1.807) is 0 Å². The maximum Gasteiger partial charge on any atom is 0.169 e. The fourth-order valence-electron chi connectivity index (χ4n) is 1.75. The quantitative estimate of drug-likeness (QED) is 0.745. The standard InChI is InChI=1S/C14H22BrNO2/c1-4-17-14(18-5-2)10-16-11(3)12-8-6-7-9-13(12)15/h6-9,11,14,16H,4-5,10H2,1-3H3/t11-/m1/s1. The SMILES string of the molecule is CCOC(CN[C@H](C)c1ccccc1Br)OCC. The minimum atomic E-state index is -0.176. The third-order valence-electron chi connectivity index (χ3n) is 2.67. The molecule has 0 heterocycles. The van der Waals surface area contributed by atoms with Crippen molar-refractivity contribution in [2.75, 3.05) is 19.8 Å². The van der Waals surface area contributed by atoms with E-state index in [1.807, 2.05) is 26.0 Å². The van der Waals surface area contributed by atoms with Gasteiger partial charge in [-0.2, -0.15) is 0 Å². The Morgan fingerprint density at radius 2 is 1.78 bits per heavy atom. The molecule has 0 radical (unpaired) electrons. The molecule has 102 valence electrons. The second kappa shape index (κ2) is 8.64. The van der Waals surface area contributed by atoms with E-state index in [9.17, 15) is 0 Å². The van der Waals surface area contributed by atoms with E-state index >= 15 is 0 Å². The third-order valence-corrected chi connectivity index (χ3v) is 3.39. The van der Waals surface area contributed by atoms with Gasteiger partial charge < -0.3 is 14.8 Å². The first-order valence-corrected chi connectivity index (χ1v) is 7.19. The van der Waals surface area contributed by atoms with Crippen LogP contribution in [0.4, 0.5) is 0 Å². The maximum absolute atomic E-state index is 5.50. The zero-order valence-electron chi connectivity index (χ0n) is 11.3. The summed E-state index contributed by atoms with van der Waals surface area (Å²) in [5, 5.41) is 3.43. The second-order valence-electron chi connectivity index (χ2n) is 3.99. The Morgan fingerprint density at radius 1 is 1.17 bits per heavy atom. The molecule has 0 saturated carbocycles. The van der Waals surface area contributed by atoms with E-state index < -0.39 is 0 Å². The number of ether oxygens (including phenoxy) is 2. The lowest BCUT2D eigenvalue weighted by molar-refractivity contribution is -0.133. The van der Waals surface area contributed by atoms with Gasteiger partial charge in [0.25, 0.3) is 0 Å². The van der Waals surface area contributed by atoms with Crippen molar-refractivity contribution in [2.24, 2.45) is 0 Å². The molecule has 1 aromatic rings. The van der Waals surface area contributed by atoms with Gasteiger partial charge in [0, 0.05) is 30.3 Å². The Hall–Kier alpha value is -0.420. The zero-order valence-corrected chi connectivity index (χ0v) is 12.9. The molecule has 1 N–H and O–H groups in total. The van der Waals surface area contributed by atoms with Crippen molar-refractivity contribution in [2.45, 2.75) is 33.1 Å². The lowest BCUT2D eigenvalue weighted by Crippen LogP contribution is -2.33. The number of hydrogen-bond acceptors (Lipinski definition) is 3. The third kappa shape index (κ3) is 5.06. The van der Waals surface area contributed by atoms with Gasteiger partial charge in [-0.15, -0.1) is 0 Å². The van der Waals surface area contributed by atoms with Crippen molar-refractivity contribution in [1.82, 2.24) is 5.32 Å². The lowest BCUT2D eigenvalue weighted by atomic mass is 10.1. The molecule has 3 nitrogen and oxygen atoms in total. The van der Waals surface area contributed by atoms with Gasteiger partial charge in [-0.1, -0.05) is 34.1 Å². The van der Waals surface area contributed by atoms with Gasteiger partial charge in [0.1, 0.15) is 0 Å². The molecule has 0 amide bonds. The normalized spacial score (nSPS) is 12.9. The molecule has 0 spiro atoms. The van der Waals surface area contributed by atoms with E-state index in [-0.39, 0.29) is 12.3 Å². The molecule has 4 heteroatoms. The molecular weight excluding hydrogens is 294 g/mol. The largest absolute Gasteiger partial charge is 0.352 e. The van der Waals surface area contributed by atoms with Crippen molar-refractivity contribution in [3.05, 3.63) is 34.3 Å². The predicted molar refractivity (Wildman–Crippen MR) is 77.6 cm³/mol. The van der Waals surface area contributed by atoms with Crippen LogP contribution in [0.2, 0.25) is 0 Å². The van der Waals surface area contributed by atoms with Crippen molar-refractivity contribution < 1.29 is 9.47 Å². The van der Waals surface area contributed by atoms with Gasteiger partial charge in [0.05, 0.1) is 0 Å². The Morgan fingerprint density at radius 3 is 2.33 bits per heavy atom. The number of nitrogens with one attached hydrogen (secondary N) is 1. The molecule has 0 fully saturated rings. The minimum Gasteiger partial charge on any atom is -0.352 e. The van der Waals surface area contributed by atoms with Gasteiger partial charge in [-0.05, 0) is 32.4 Å². The van der Waals surface area contributed by atoms with E-state index in [1.165, 1.54) is 5.56 Å². The van der Waals surface area contributed by atoms with Crippen LogP contribution >= 0.6 is 15.9 Å². The first-order chi connectivity index (χ1) is 8.69. The summed E-state index contributed by atoms with van der Waals surface area (Å²) in [7, 11) is 0. The molecule has 1 rings (SSSR count). The predicted octanol–water partition coefficient (Wildman–Crippen LogP) is 3.50. The van der Waals surface area contributed by atoms with Crippen LogP contribution in [0.25, 0.3) is 0 Å². The molecule has 0 aromatic heterocycles. The van der Waals surface area contributed by atoms with Crippen LogP contribution in [-0.4, -0.2) is 26.0 Å². The molecule has 18 heavy (non-hydrogen) atoms. The molecule has 0 aliphatic carbocycles. The van der Waals surface area contributed by atoms with E-state index in [0.717, 1.165) is 4.47 Å². The van der Waals surface area contributed by atoms with Gasteiger partial charge in [-0.3, -0.25) is 0 Å². The summed E-state index contributed by atoms with van der Waals surface area (Å²) < 4.78 is 12.1. The number of rotatable bonds is 8.